The SMILES string of the molecule is N#CCc1ccc(OCC(O)CN2CCc3sccc3C2c2cccs2)cc1. The monoisotopic (exact) mass is 410 g/mol. The normalized spacial score (nSPS) is 17.6. The zero-order chi connectivity index (χ0) is 19.3. The Labute approximate surface area is 173 Å². The highest BCUT2D eigenvalue weighted by Gasteiger charge is 2.31. The van der Waals surface area contributed by atoms with Gasteiger partial charge in [-0.1, -0.05) is 18.2 Å². The van der Waals surface area contributed by atoms with E-state index in [-0.39, 0.29) is 12.6 Å². The van der Waals surface area contributed by atoms with Crippen molar-refractivity contribution in [3.05, 3.63) is 74.1 Å². The molecule has 1 aromatic carbocycles. The van der Waals surface area contributed by atoms with Gasteiger partial charge in [0.25, 0.3) is 0 Å². The van der Waals surface area contributed by atoms with Crippen LogP contribution in [0.15, 0.2) is 53.2 Å². The molecule has 28 heavy (non-hydrogen) atoms. The summed E-state index contributed by atoms with van der Waals surface area (Å²) in [5.74, 6) is 0.717. The third-order valence-corrected chi connectivity index (χ3v) is 6.89. The first kappa shape index (κ1) is 19.2. The van der Waals surface area contributed by atoms with Gasteiger partial charge in [0, 0.05) is 22.8 Å². The first-order valence-corrected chi connectivity index (χ1v) is 11.1. The molecule has 3 heterocycles. The average Bonchev–Trinajstić information content (AvgIpc) is 3.39. The van der Waals surface area contributed by atoms with Gasteiger partial charge in [-0.2, -0.15) is 5.26 Å². The van der Waals surface area contributed by atoms with E-state index in [1.165, 1.54) is 15.3 Å². The van der Waals surface area contributed by atoms with Gasteiger partial charge in [0.1, 0.15) is 18.5 Å². The number of nitriles is 1. The molecule has 4 rings (SSSR count). The van der Waals surface area contributed by atoms with Gasteiger partial charge in [-0.15, -0.1) is 22.7 Å². The maximum absolute atomic E-state index is 10.6. The zero-order valence-corrected chi connectivity index (χ0v) is 17.1. The van der Waals surface area contributed by atoms with Crippen LogP contribution in [0.2, 0.25) is 0 Å². The number of benzene rings is 1. The fourth-order valence-electron chi connectivity index (χ4n) is 3.66. The Morgan fingerprint density at radius 1 is 1.18 bits per heavy atom. The molecular weight excluding hydrogens is 388 g/mol. The van der Waals surface area contributed by atoms with Crippen molar-refractivity contribution in [1.29, 1.82) is 5.26 Å². The van der Waals surface area contributed by atoms with Gasteiger partial charge in [0.05, 0.1) is 18.5 Å². The first-order chi connectivity index (χ1) is 13.7. The van der Waals surface area contributed by atoms with Crippen molar-refractivity contribution in [1.82, 2.24) is 4.90 Å². The summed E-state index contributed by atoms with van der Waals surface area (Å²) in [5.41, 5.74) is 2.34. The molecule has 0 spiro atoms. The number of ether oxygens (including phenoxy) is 1. The quantitative estimate of drug-likeness (QED) is 0.632. The van der Waals surface area contributed by atoms with Crippen LogP contribution in [-0.2, 0) is 12.8 Å². The minimum absolute atomic E-state index is 0.218. The molecule has 2 aromatic heterocycles. The number of aliphatic hydroxyl groups is 1. The Bertz CT molecular complexity index is 928. The van der Waals surface area contributed by atoms with Crippen LogP contribution in [0.5, 0.6) is 5.75 Å². The highest BCUT2D eigenvalue weighted by atomic mass is 32.1. The van der Waals surface area contributed by atoms with E-state index in [1.807, 2.05) is 35.6 Å². The molecule has 0 aliphatic carbocycles. The summed E-state index contributed by atoms with van der Waals surface area (Å²) in [6.07, 6.45) is 0.858. The van der Waals surface area contributed by atoms with Gasteiger partial charge >= 0.3 is 0 Å². The van der Waals surface area contributed by atoms with Crippen LogP contribution >= 0.6 is 22.7 Å². The predicted molar refractivity (Wildman–Crippen MR) is 113 cm³/mol. The lowest BCUT2D eigenvalue weighted by atomic mass is 9.98. The lowest BCUT2D eigenvalue weighted by Gasteiger charge is -2.36. The molecular formula is C22H22N2O2S2. The first-order valence-electron chi connectivity index (χ1n) is 9.35. The van der Waals surface area contributed by atoms with E-state index in [0.29, 0.717) is 18.7 Å². The van der Waals surface area contributed by atoms with Gasteiger partial charge in [-0.05, 0) is 52.6 Å². The fourth-order valence-corrected chi connectivity index (χ4v) is 5.44. The minimum Gasteiger partial charge on any atom is -0.491 e. The maximum atomic E-state index is 10.6. The Morgan fingerprint density at radius 2 is 2.04 bits per heavy atom. The van der Waals surface area contributed by atoms with Crippen LogP contribution in [0, 0.1) is 11.3 Å². The van der Waals surface area contributed by atoms with Gasteiger partial charge < -0.3 is 9.84 Å². The maximum Gasteiger partial charge on any atom is 0.119 e. The number of hydrogen-bond donors (Lipinski definition) is 1. The molecule has 2 unspecified atom stereocenters. The van der Waals surface area contributed by atoms with Crippen molar-refractivity contribution in [3.63, 3.8) is 0 Å². The van der Waals surface area contributed by atoms with Crippen molar-refractivity contribution >= 4 is 22.7 Å². The van der Waals surface area contributed by atoms with E-state index in [2.05, 4.69) is 39.9 Å². The van der Waals surface area contributed by atoms with Crippen molar-refractivity contribution in [2.24, 2.45) is 0 Å². The molecule has 0 saturated carbocycles. The fraction of sp³-hybridized carbons (Fsp3) is 0.318. The second kappa shape index (κ2) is 8.89. The Morgan fingerprint density at radius 3 is 2.79 bits per heavy atom. The number of aliphatic hydroxyl groups excluding tert-OH is 1. The van der Waals surface area contributed by atoms with Crippen molar-refractivity contribution in [3.8, 4) is 11.8 Å². The molecule has 0 radical (unpaired) electrons. The standard InChI is InChI=1S/C22H22N2O2S2/c23-10-7-16-3-5-18(6-4-16)26-15-17(25)14-24-11-8-20-19(9-13-28-20)22(24)21-2-1-12-27-21/h1-6,9,12-13,17,22,25H,7-8,11,14-15H2. The lowest BCUT2D eigenvalue weighted by molar-refractivity contribution is 0.0562. The van der Waals surface area contributed by atoms with Gasteiger partial charge in [0.2, 0.25) is 0 Å². The Kier molecular flexibility index (Phi) is 6.08. The summed E-state index contributed by atoms with van der Waals surface area (Å²) in [6.45, 7) is 1.77. The van der Waals surface area contributed by atoms with E-state index >= 15 is 0 Å². The van der Waals surface area contributed by atoms with Crippen LogP contribution in [0.1, 0.15) is 26.9 Å². The summed E-state index contributed by atoms with van der Waals surface area (Å²) in [5, 5.41) is 23.6. The molecule has 3 aromatic rings. The number of fused-ring (bicyclic) bond motifs is 1. The molecule has 144 valence electrons. The number of nitrogens with zero attached hydrogens (tertiary/aromatic N) is 2. The van der Waals surface area contributed by atoms with Crippen LogP contribution in [0.3, 0.4) is 0 Å². The summed E-state index contributed by atoms with van der Waals surface area (Å²) in [7, 11) is 0. The topological polar surface area (TPSA) is 56.5 Å². The highest BCUT2D eigenvalue weighted by molar-refractivity contribution is 7.10. The Balaban J connectivity index is 1.39. The molecule has 1 aliphatic heterocycles. The predicted octanol–water partition coefficient (Wildman–Crippen LogP) is 4.26. The Hall–Kier alpha value is -2.17. The summed E-state index contributed by atoms with van der Waals surface area (Å²) < 4.78 is 5.77. The summed E-state index contributed by atoms with van der Waals surface area (Å²) >= 11 is 3.60. The van der Waals surface area contributed by atoms with Crippen LogP contribution in [0.25, 0.3) is 0 Å². The largest absolute Gasteiger partial charge is 0.491 e. The van der Waals surface area contributed by atoms with Crippen LogP contribution in [0.4, 0.5) is 0 Å². The molecule has 0 saturated heterocycles. The molecule has 0 fully saturated rings. The molecule has 2 atom stereocenters. The number of β-amino-alcohol motifs (C(OH)–C–C–N with tert-alkyl or cyclic N) is 1. The van der Waals surface area contributed by atoms with E-state index in [1.54, 1.807) is 11.3 Å². The average molecular weight is 411 g/mol. The second-order valence-electron chi connectivity index (χ2n) is 6.91. The third kappa shape index (κ3) is 4.29. The number of thiophene rings is 2. The smallest absolute Gasteiger partial charge is 0.119 e. The summed E-state index contributed by atoms with van der Waals surface area (Å²) in [4.78, 5) is 5.14. The highest BCUT2D eigenvalue weighted by Crippen LogP contribution is 2.39. The van der Waals surface area contributed by atoms with E-state index in [9.17, 15) is 5.11 Å². The van der Waals surface area contributed by atoms with Crippen molar-refractivity contribution in [2.75, 3.05) is 19.7 Å². The summed E-state index contributed by atoms with van der Waals surface area (Å²) in [6, 6.07) is 16.3. The van der Waals surface area contributed by atoms with Gasteiger partial charge in [-0.3, -0.25) is 4.90 Å². The molecule has 6 heteroatoms. The molecule has 1 aliphatic rings. The molecule has 1 N–H and O–H groups in total. The van der Waals surface area contributed by atoms with Crippen LogP contribution < -0.4 is 4.74 Å². The van der Waals surface area contributed by atoms with Crippen LogP contribution in [-0.4, -0.2) is 35.8 Å². The van der Waals surface area contributed by atoms with Crippen molar-refractivity contribution in [2.45, 2.75) is 25.0 Å². The molecule has 0 bridgehead atoms. The molecule has 4 nitrogen and oxygen atoms in total. The third-order valence-electron chi connectivity index (χ3n) is 4.97. The second-order valence-corrected chi connectivity index (χ2v) is 8.89. The van der Waals surface area contributed by atoms with E-state index in [0.717, 1.165) is 18.5 Å². The number of hydrogen-bond acceptors (Lipinski definition) is 6. The number of rotatable bonds is 7. The molecule has 0 amide bonds. The lowest BCUT2D eigenvalue weighted by Crippen LogP contribution is -2.41. The van der Waals surface area contributed by atoms with Gasteiger partial charge in [0.15, 0.2) is 0 Å². The van der Waals surface area contributed by atoms with E-state index in [4.69, 9.17) is 10.00 Å². The van der Waals surface area contributed by atoms with Crippen molar-refractivity contribution < 1.29 is 9.84 Å². The zero-order valence-electron chi connectivity index (χ0n) is 15.5. The van der Waals surface area contributed by atoms with Gasteiger partial charge in [-0.25, -0.2) is 0 Å². The van der Waals surface area contributed by atoms with E-state index < -0.39 is 6.10 Å². The minimum atomic E-state index is -0.568.